The van der Waals surface area contributed by atoms with E-state index < -0.39 is 5.97 Å². The molecule has 0 aliphatic rings. The number of nitrogens with one attached hydrogen (secondary N) is 1. The van der Waals surface area contributed by atoms with Crippen LogP contribution in [0.3, 0.4) is 0 Å². The lowest BCUT2D eigenvalue weighted by Gasteiger charge is -2.07. The molecule has 0 saturated heterocycles. The summed E-state index contributed by atoms with van der Waals surface area (Å²) in [7, 11) is 2.91. The maximum atomic E-state index is 11.2. The first-order chi connectivity index (χ1) is 7.69. The Kier molecular flexibility index (Phi) is 4.40. The summed E-state index contributed by atoms with van der Waals surface area (Å²) in [5.74, 6) is -0.409. The van der Waals surface area contributed by atoms with E-state index in [1.165, 1.54) is 18.4 Å². The number of methoxy groups -OCH3 is 1. The van der Waals surface area contributed by atoms with Crippen LogP contribution >= 0.6 is 0 Å². The number of aliphatic hydroxyl groups is 1. The summed E-state index contributed by atoms with van der Waals surface area (Å²) < 4.78 is 4.52. The lowest BCUT2D eigenvalue weighted by molar-refractivity contribution is 0.0595. The van der Waals surface area contributed by atoms with Gasteiger partial charge in [-0.25, -0.2) is 9.78 Å². The summed E-state index contributed by atoms with van der Waals surface area (Å²) in [6.45, 7) is 0.321. The van der Waals surface area contributed by atoms with Gasteiger partial charge in [0, 0.05) is 7.05 Å². The minimum atomic E-state index is -0.559. The molecule has 0 aliphatic heterocycles. The van der Waals surface area contributed by atoms with Crippen molar-refractivity contribution in [1.82, 2.24) is 15.0 Å². The van der Waals surface area contributed by atoms with Crippen molar-refractivity contribution >= 4 is 11.8 Å². The predicted octanol–water partition coefficient (Wildman–Crippen LogP) is 0.119. The minimum absolute atomic E-state index is 0.0278. The van der Waals surface area contributed by atoms with Crippen molar-refractivity contribution in [1.29, 1.82) is 0 Å². The first-order valence-electron chi connectivity index (χ1n) is 4.54. The van der Waals surface area contributed by atoms with Crippen LogP contribution in [0.2, 0.25) is 0 Å². The zero-order valence-corrected chi connectivity index (χ0v) is 9.04. The molecule has 88 valence electrons. The van der Waals surface area contributed by atoms with Crippen molar-refractivity contribution < 1.29 is 14.6 Å². The first-order valence-corrected chi connectivity index (χ1v) is 4.54. The van der Waals surface area contributed by atoms with Gasteiger partial charge in [0.05, 0.1) is 26.6 Å². The van der Waals surface area contributed by atoms with Crippen LogP contribution in [0.1, 0.15) is 10.5 Å². The third kappa shape index (κ3) is 3.02. The van der Waals surface area contributed by atoms with E-state index in [4.69, 9.17) is 5.11 Å². The number of imidazole rings is 1. The summed E-state index contributed by atoms with van der Waals surface area (Å²) in [5.41, 5.74) is 0.142. The van der Waals surface area contributed by atoms with Gasteiger partial charge in [-0.3, -0.25) is 5.01 Å². The molecule has 0 bridgehead atoms. The van der Waals surface area contributed by atoms with E-state index in [2.05, 4.69) is 25.0 Å². The second-order valence-corrected chi connectivity index (χ2v) is 2.89. The highest BCUT2D eigenvalue weighted by molar-refractivity contribution is 5.91. The number of aromatic amines is 1. The summed E-state index contributed by atoms with van der Waals surface area (Å²) in [6, 6.07) is 0. The molecule has 0 fully saturated rings. The normalized spacial score (nSPS) is 10.7. The van der Waals surface area contributed by atoms with Gasteiger partial charge in [-0.2, -0.15) is 0 Å². The highest BCUT2D eigenvalue weighted by atomic mass is 16.5. The SMILES string of the molecule is COC(=O)c1[nH]cnc1N=NN(C)CCO. The zero-order chi connectivity index (χ0) is 12.0. The Balaban J connectivity index is 2.74. The average molecular weight is 227 g/mol. The molecule has 0 saturated carbocycles. The minimum Gasteiger partial charge on any atom is -0.464 e. The van der Waals surface area contributed by atoms with E-state index in [0.717, 1.165) is 0 Å². The van der Waals surface area contributed by atoms with Crippen molar-refractivity contribution in [2.24, 2.45) is 10.3 Å². The quantitative estimate of drug-likeness (QED) is 0.422. The standard InChI is InChI=1S/C8H13N5O3/c1-13(3-4-14)12-11-7-6(8(15)16-2)9-5-10-7/h5,14H,3-4H2,1-2H3,(H,9,10). The van der Waals surface area contributed by atoms with Crippen LogP contribution in [-0.2, 0) is 4.74 Å². The third-order valence-electron chi connectivity index (χ3n) is 1.72. The highest BCUT2D eigenvalue weighted by Crippen LogP contribution is 2.14. The number of hydrogen-bond acceptors (Lipinski definition) is 6. The van der Waals surface area contributed by atoms with Gasteiger partial charge in [0.15, 0.2) is 5.69 Å². The van der Waals surface area contributed by atoms with Crippen LogP contribution in [0.15, 0.2) is 16.7 Å². The average Bonchev–Trinajstić information content (AvgIpc) is 2.74. The number of nitrogens with zero attached hydrogens (tertiary/aromatic N) is 4. The lowest BCUT2D eigenvalue weighted by atomic mass is 10.4. The van der Waals surface area contributed by atoms with E-state index >= 15 is 0 Å². The van der Waals surface area contributed by atoms with Gasteiger partial charge < -0.3 is 14.8 Å². The molecule has 8 nitrogen and oxygen atoms in total. The monoisotopic (exact) mass is 227 g/mol. The Labute approximate surface area is 91.9 Å². The molecule has 0 aromatic carbocycles. The van der Waals surface area contributed by atoms with E-state index in [1.54, 1.807) is 7.05 Å². The van der Waals surface area contributed by atoms with Gasteiger partial charge in [-0.05, 0) is 0 Å². The molecule has 0 aliphatic carbocycles. The van der Waals surface area contributed by atoms with Gasteiger partial charge in [0.2, 0.25) is 5.82 Å². The third-order valence-corrected chi connectivity index (χ3v) is 1.72. The smallest absolute Gasteiger partial charge is 0.358 e. The molecule has 1 aromatic heterocycles. The van der Waals surface area contributed by atoms with Gasteiger partial charge in [0.1, 0.15) is 0 Å². The van der Waals surface area contributed by atoms with Gasteiger partial charge in [0.25, 0.3) is 0 Å². The Morgan fingerprint density at radius 1 is 1.75 bits per heavy atom. The summed E-state index contributed by atoms with van der Waals surface area (Å²) in [4.78, 5) is 17.6. The molecule has 8 heteroatoms. The number of aromatic nitrogens is 2. The number of rotatable bonds is 5. The molecule has 0 unspecified atom stereocenters. The van der Waals surface area contributed by atoms with E-state index in [1.807, 2.05) is 0 Å². The second kappa shape index (κ2) is 5.81. The van der Waals surface area contributed by atoms with Crippen LogP contribution in [0, 0.1) is 0 Å². The van der Waals surface area contributed by atoms with Crippen molar-refractivity contribution in [2.75, 3.05) is 27.3 Å². The summed E-state index contributed by atoms with van der Waals surface area (Å²) >= 11 is 0. The maximum absolute atomic E-state index is 11.2. The number of aliphatic hydroxyl groups excluding tert-OH is 1. The number of esters is 1. The fraction of sp³-hybridized carbons (Fsp3) is 0.500. The number of H-pyrrole nitrogens is 1. The van der Waals surface area contributed by atoms with Crippen LogP contribution in [0.4, 0.5) is 5.82 Å². The summed E-state index contributed by atoms with van der Waals surface area (Å²) in [5, 5.41) is 17.6. The molecule has 1 aromatic rings. The molecular weight excluding hydrogens is 214 g/mol. The van der Waals surface area contributed by atoms with Crippen LogP contribution < -0.4 is 0 Å². The zero-order valence-electron chi connectivity index (χ0n) is 9.04. The molecule has 0 spiro atoms. The second-order valence-electron chi connectivity index (χ2n) is 2.89. The Morgan fingerprint density at radius 3 is 3.12 bits per heavy atom. The number of ether oxygens (including phenoxy) is 1. The van der Waals surface area contributed by atoms with E-state index in [-0.39, 0.29) is 18.1 Å². The molecule has 0 amide bonds. The Bertz CT molecular complexity index is 376. The lowest BCUT2D eigenvalue weighted by Crippen LogP contribution is -2.14. The number of carbonyl (C=O) groups is 1. The Hall–Kier alpha value is -1.96. The number of likely N-dealkylation sites (N-methyl/N-ethyl adjacent to an activating group) is 1. The highest BCUT2D eigenvalue weighted by Gasteiger charge is 2.14. The fourth-order valence-corrected chi connectivity index (χ4v) is 0.923. The molecule has 2 N–H and O–H groups in total. The van der Waals surface area contributed by atoms with Crippen LogP contribution in [-0.4, -0.2) is 53.4 Å². The van der Waals surface area contributed by atoms with Crippen molar-refractivity contribution in [3.8, 4) is 0 Å². The van der Waals surface area contributed by atoms with Crippen molar-refractivity contribution in [3.05, 3.63) is 12.0 Å². The molecular formula is C8H13N5O3. The maximum Gasteiger partial charge on any atom is 0.358 e. The van der Waals surface area contributed by atoms with Gasteiger partial charge in [-0.15, -0.1) is 5.11 Å². The van der Waals surface area contributed by atoms with Crippen LogP contribution in [0.5, 0.6) is 0 Å². The van der Waals surface area contributed by atoms with Crippen LogP contribution in [0.25, 0.3) is 0 Å². The molecule has 16 heavy (non-hydrogen) atoms. The topological polar surface area (TPSA) is 103 Å². The van der Waals surface area contributed by atoms with Gasteiger partial charge in [-0.1, -0.05) is 5.22 Å². The number of carbonyl (C=O) groups excluding carboxylic acids is 1. The molecule has 1 heterocycles. The first kappa shape index (κ1) is 12.1. The van der Waals surface area contributed by atoms with Crippen molar-refractivity contribution in [3.63, 3.8) is 0 Å². The molecule has 1 rings (SSSR count). The summed E-state index contributed by atoms with van der Waals surface area (Å²) in [6.07, 6.45) is 1.33. The van der Waals surface area contributed by atoms with Crippen molar-refractivity contribution in [2.45, 2.75) is 0 Å². The van der Waals surface area contributed by atoms with E-state index in [9.17, 15) is 4.79 Å². The predicted molar refractivity (Wildman–Crippen MR) is 54.2 cm³/mol. The number of hydrogen-bond donors (Lipinski definition) is 2. The molecule has 0 radical (unpaired) electrons. The largest absolute Gasteiger partial charge is 0.464 e. The molecule has 0 atom stereocenters. The van der Waals surface area contributed by atoms with E-state index in [0.29, 0.717) is 6.54 Å². The fourth-order valence-electron chi connectivity index (χ4n) is 0.923. The Morgan fingerprint density at radius 2 is 2.50 bits per heavy atom. The van der Waals surface area contributed by atoms with Gasteiger partial charge >= 0.3 is 5.97 Å².